The minimum atomic E-state index is -1.93. The van der Waals surface area contributed by atoms with Crippen molar-refractivity contribution in [3.63, 3.8) is 0 Å². The summed E-state index contributed by atoms with van der Waals surface area (Å²) in [6.07, 6.45) is -4.51. The minimum absolute atomic E-state index is 0.00346. The van der Waals surface area contributed by atoms with Crippen LogP contribution in [0.2, 0.25) is 0 Å². The van der Waals surface area contributed by atoms with Crippen molar-refractivity contribution in [3.8, 4) is 0 Å². The van der Waals surface area contributed by atoms with Crippen molar-refractivity contribution in [3.05, 3.63) is 35.9 Å². The molecule has 1 aliphatic rings. The molecule has 134 heavy (non-hydrogen) atoms. The van der Waals surface area contributed by atoms with Gasteiger partial charge in [-0.2, -0.15) is 0 Å². The molecule has 1 aliphatic heterocycles. The molecule has 752 valence electrons. The Morgan fingerprint density at radius 2 is 0.866 bits per heavy atom. The molecule has 0 aromatic heterocycles. The summed E-state index contributed by atoms with van der Waals surface area (Å²) in [7, 11) is 0. The van der Waals surface area contributed by atoms with Crippen molar-refractivity contribution in [2.75, 3.05) is 45.8 Å². The van der Waals surface area contributed by atoms with Crippen molar-refractivity contribution in [2.45, 2.75) is 295 Å². The Balaban J connectivity index is 2.35. The maximum atomic E-state index is 14.7. The molecule has 50 heteroatoms. The molecule has 0 bridgehead atoms. The first kappa shape index (κ1) is 117. The van der Waals surface area contributed by atoms with E-state index in [1.54, 1.807) is 71.9 Å². The second-order valence-corrected chi connectivity index (χ2v) is 33.7. The van der Waals surface area contributed by atoms with E-state index in [-0.39, 0.29) is 96.8 Å². The molecule has 2 rings (SSSR count). The van der Waals surface area contributed by atoms with E-state index < -0.39 is 296 Å². The zero-order valence-electron chi connectivity index (χ0n) is 77.8. The highest BCUT2D eigenvalue weighted by molar-refractivity contribution is 6.02. The Bertz CT molecular complexity index is 4180. The second kappa shape index (κ2) is 60.3. The number of guanidine groups is 1. The Morgan fingerprint density at radius 3 is 1.36 bits per heavy atom. The number of hydrogen-bond acceptors (Lipinski definition) is 27. The molecular weight excluding hydrogens is 1760 g/mol. The van der Waals surface area contributed by atoms with Crippen molar-refractivity contribution in [1.82, 2.24) is 101 Å². The van der Waals surface area contributed by atoms with Gasteiger partial charge in [-0.25, -0.2) is 4.79 Å². The van der Waals surface area contributed by atoms with Crippen LogP contribution in [-0.4, -0.2) is 315 Å². The number of aliphatic hydroxyl groups is 2. The van der Waals surface area contributed by atoms with Crippen LogP contribution >= 0.6 is 0 Å². The third-order valence-corrected chi connectivity index (χ3v) is 21.4. The number of nitrogens with zero attached hydrogens (tertiary/aromatic N) is 1. The van der Waals surface area contributed by atoms with Crippen molar-refractivity contribution < 1.29 is 126 Å². The van der Waals surface area contributed by atoms with E-state index in [0.717, 1.165) is 13.8 Å². The summed E-state index contributed by atoms with van der Waals surface area (Å²) in [6, 6.07) is -15.5. The molecule has 1 heterocycles. The van der Waals surface area contributed by atoms with Gasteiger partial charge in [0, 0.05) is 25.9 Å². The van der Waals surface area contributed by atoms with Gasteiger partial charge >= 0.3 is 17.9 Å². The lowest BCUT2D eigenvalue weighted by molar-refractivity contribution is -0.144. The average Bonchev–Trinajstić information content (AvgIpc) is 1.79. The normalized spacial score (nSPS) is 16.3. The molecule has 0 spiro atoms. The van der Waals surface area contributed by atoms with E-state index in [1.807, 2.05) is 0 Å². The third kappa shape index (κ3) is 43.2. The molecule has 32 N–H and O–H groups in total. The number of unbranched alkanes of at least 4 members (excludes halogenated alkanes) is 2. The zero-order valence-corrected chi connectivity index (χ0v) is 77.8. The van der Waals surface area contributed by atoms with Gasteiger partial charge in [-0.1, -0.05) is 78.3 Å². The summed E-state index contributed by atoms with van der Waals surface area (Å²) in [6.45, 7) is 15.0. The first-order valence-corrected chi connectivity index (χ1v) is 44.5. The number of nitrogens with one attached hydrogen (secondary N) is 19. The SMILES string of the molecule is CC[C@H](C)[C@H](NC(=O)[C@H](CCC(=O)O)NC(=O)[C@H](CC(C)C)NC(=O)[C@H](CCCCN)NC(=O)[C@@H](NC(=O)CNC(=O)CNC(=O)CNC(=O)[C@H](Cc1ccccc1)NC(=O)[C@@H](N)[C@@H](C)O)[C@@H](C)O)C(=O)N[C@@H](CCCCN)C(=O)N[C@@H](CCCNC(=N)N)C(=O)N[C@@H](C)C(=O)N[C@@H](CC(=O)O)C(=O)N[C@@H](C)C(=O)N[C@@H](C)C(=O)N1CCC[C@H]1C(=O)N[C@@H](C)C(=O)N[C@H](C(=O)O)C(C)C. The molecule has 0 aliphatic carbocycles. The molecule has 1 aromatic carbocycles. The summed E-state index contributed by atoms with van der Waals surface area (Å²) >= 11 is 0. The zero-order chi connectivity index (χ0) is 102. The van der Waals surface area contributed by atoms with E-state index in [4.69, 9.17) is 28.3 Å². The van der Waals surface area contributed by atoms with Crippen LogP contribution in [0.15, 0.2) is 30.3 Å². The van der Waals surface area contributed by atoms with Gasteiger partial charge < -0.3 is 149 Å². The van der Waals surface area contributed by atoms with Gasteiger partial charge in [0.2, 0.25) is 106 Å². The quantitative estimate of drug-likeness (QED) is 0.0164. The van der Waals surface area contributed by atoms with Crippen LogP contribution in [0.4, 0.5) is 0 Å². The first-order valence-electron chi connectivity index (χ1n) is 44.5. The Labute approximate surface area is 776 Å². The lowest BCUT2D eigenvalue weighted by Gasteiger charge is -2.30. The minimum Gasteiger partial charge on any atom is -0.481 e. The Morgan fingerprint density at radius 1 is 0.433 bits per heavy atom. The number of carbonyl (C=O) groups excluding carboxylic acids is 18. The van der Waals surface area contributed by atoms with Gasteiger partial charge in [0.15, 0.2) is 5.96 Å². The first-order chi connectivity index (χ1) is 62.9. The highest BCUT2D eigenvalue weighted by atomic mass is 16.4. The molecule has 50 nitrogen and oxygen atoms in total. The maximum Gasteiger partial charge on any atom is 0.326 e. The monoisotopic (exact) mass is 1900 g/mol. The summed E-state index contributed by atoms with van der Waals surface area (Å²) in [5.74, 6) is -23.9. The lowest BCUT2D eigenvalue weighted by atomic mass is 9.96. The third-order valence-electron chi connectivity index (χ3n) is 21.4. The van der Waals surface area contributed by atoms with E-state index in [2.05, 4.69) is 95.7 Å². The molecule has 1 fully saturated rings. The molecule has 1 aromatic rings. The Kier molecular flexibility index (Phi) is 52.8. The van der Waals surface area contributed by atoms with Crippen molar-refractivity contribution in [2.24, 2.45) is 40.7 Å². The number of amides is 18. The number of carboxylic acids is 3. The van der Waals surface area contributed by atoms with Gasteiger partial charge in [-0.05, 0) is 155 Å². The number of aliphatic carboxylic acids is 3. The number of aliphatic hydroxyl groups excluding tert-OH is 2. The second-order valence-electron chi connectivity index (χ2n) is 33.7. The number of nitrogens with two attached hydrogens (primary N) is 4. The summed E-state index contributed by atoms with van der Waals surface area (Å²) in [5.41, 5.74) is 23.5. The van der Waals surface area contributed by atoms with E-state index in [0.29, 0.717) is 18.4 Å². The number of carbonyl (C=O) groups is 21. The topological polar surface area (TPSA) is 807 Å². The maximum absolute atomic E-state index is 14.7. The fourth-order valence-corrected chi connectivity index (χ4v) is 13.4. The molecule has 19 atom stereocenters. The summed E-state index contributed by atoms with van der Waals surface area (Å²) < 4.78 is 0. The molecule has 0 unspecified atom stereocenters. The smallest absolute Gasteiger partial charge is 0.326 e. The average molecular weight is 1900 g/mol. The van der Waals surface area contributed by atoms with E-state index in [9.17, 15) is 126 Å². The van der Waals surface area contributed by atoms with Crippen LogP contribution in [0.3, 0.4) is 0 Å². The van der Waals surface area contributed by atoms with Crippen LogP contribution < -0.4 is 119 Å². The Hall–Kier alpha value is -12.8. The fraction of sp³-hybridized carbons (Fsp3) is 0.667. The van der Waals surface area contributed by atoms with Crippen molar-refractivity contribution >= 4 is 130 Å². The highest BCUT2D eigenvalue weighted by Crippen LogP contribution is 2.21. The van der Waals surface area contributed by atoms with Gasteiger partial charge in [0.25, 0.3) is 0 Å². The van der Waals surface area contributed by atoms with Gasteiger partial charge in [-0.15, -0.1) is 0 Å². The lowest BCUT2D eigenvalue weighted by Crippen LogP contribution is -2.61. The predicted octanol–water partition coefficient (Wildman–Crippen LogP) is -8.78. The van der Waals surface area contributed by atoms with Crippen LogP contribution in [0, 0.1) is 23.2 Å². The van der Waals surface area contributed by atoms with Gasteiger partial charge in [0.1, 0.15) is 96.7 Å². The molecule has 18 amide bonds. The number of benzene rings is 1. The van der Waals surface area contributed by atoms with Crippen LogP contribution in [-0.2, 0) is 107 Å². The molecule has 0 saturated carbocycles. The standard InChI is InChI=1S/C84H140N24O26/c1-13-43(6)66(107-75(125)54(29-30-62(114)115)99-77(127)55(35-41(2)3)103-74(124)52(26-18-20-32-86)101-81(131)67(49(12)110)105-61(113)40-92-59(111)38-91-60(112)39-93-71(121)56(36-50-23-15-14-16-24-50)104-79(129)64(87)48(11)109)80(130)100-51(25-17-19-31-85)73(123)98-53(27-21-33-90-84(88)89)72(122)94-45(8)69(119)102-57(37-63(116)117)76(126)95-44(7)68(118)97-47(10)82(132)108-34-22-28-58(108)78(128)96-46(9)70(120)106-65(42(4)5)83(133)134/h14-16,23-24,41-49,51-58,64-67,109-110H,13,17-22,25-40,85-87H2,1-12H3,(H,91,112)(H,92,111)(H,93,121)(H,94,122)(H,95,126)(H,96,128)(H,97,118)(H,98,123)(H,99,127)(H,100,130)(H,101,131)(H,102,119)(H,103,124)(H,104,129)(H,105,113)(H,106,120)(H,107,125)(H,114,115)(H,116,117)(H,133,134)(H4,88,89,90)/t43-,44-,45-,46-,47-,48+,49+,51-,52-,53-,54-,55-,56-,57-,58-,64-,65-,66-,67-/m0/s1. The van der Waals surface area contributed by atoms with Crippen LogP contribution in [0.25, 0.3) is 0 Å². The molecule has 1 saturated heterocycles. The molecular formula is C84H140N24O26. The summed E-state index contributed by atoms with van der Waals surface area (Å²) in [4.78, 5) is 284. The predicted molar refractivity (Wildman–Crippen MR) is 480 cm³/mol. The van der Waals surface area contributed by atoms with Gasteiger partial charge in [0.05, 0.1) is 38.3 Å². The van der Waals surface area contributed by atoms with Gasteiger partial charge in [-0.3, -0.25) is 101 Å². The number of likely N-dealkylation sites (tertiary alicyclic amines) is 1. The number of rotatable bonds is 62. The summed E-state index contributed by atoms with van der Waals surface area (Å²) in [5, 5.41) is 101. The van der Waals surface area contributed by atoms with E-state index in [1.165, 1.54) is 32.6 Å². The van der Waals surface area contributed by atoms with E-state index >= 15 is 0 Å². The fourth-order valence-electron chi connectivity index (χ4n) is 13.4. The van der Waals surface area contributed by atoms with Crippen molar-refractivity contribution in [1.29, 1.82) is 5.41 Å². The highest BCUT2D eigenvalue weighted by Gasteiger charge is 2.42. The van der Waals surface area contributed by atoms with Crippen LogP contribution in [0.5, 0.6) is 0 Å². The molecule has 0 radical (unpaired) electrons. The number of hydrogen-bond donors (Lipinski definition) is 28. The number of carboxylic acid groups (broad SMARTS) is 3. The van der Waals surface area contributed by atoms with Crippen LogP contribution in [0.1, 0.15) is 185 Å². The largest absolute Gasteiger partial charge is 0.481 e.